The molecule has 1 rings (SSSR count). The third kappa shape index (κ3) is 3.47. The molecule has 0 aromatic rings. The van der Waals surface area contributed by atoms with Crippen LogP contribution in [0.5, 0.6) is 0 Å². The molecule has 1 fully saturated rings. The molecule has 1 saturated carbocycles. The zero-order chi connectivity index (χ0) is 11.5. The minimum Gasteiger partial charge on any atom is -0.468 e. The lowest BCUT2D eigenvalue weighted by molar-refractivity contribution is -0.146. The Balaban J connectivity index is 2.36. The second kappa shape index (κ2) is 4.94. The molecule has 0 bridgehead atoms. The van der Waals surface area contributed by atoms with Gasteiger partial charge in [-0.05, 0) is 32.7 Å². The van der Waals surface area contributed by atoms with E-state index in [4.69, 9.17) is 5.73 Å². The average molecular weight is 214 g/mol. The Hall–Kier alpha value is -0.610. The van der Waals surface area contributed by atoms with Crippen molar-refractivity contribution in [1.82, 2.24) is 4.90 Å². The number of esters is 1. The van der Waals surface area contributed by atoms with Gasteiger partial charge in [-0.3, -0.25) is 4.79 Å². The average Bonchev–Trinajstić information content (AvgIpc) is 3.01. The third-order valence-corrected chi connectivity index (χ3v) is 3.04. The normalized spacial score (nSPS) is 20.1. The molecule has 0 amide bonds. The number of ether oxygens (including phenoxy) is 1. The Kier molecular flexibility index (Phi) is 4.11. The maximum Gasteiger partial charge on any atom is 0.325 e. The Morgan fingerprint density at radius 1 is 1.60 bits per heavy atom. The summed E-state index contributed by atoms with van der Waals surface area (Å²) in [4.78, 5) is 13.7. The van der Waals surface area contributed by atoms with Crippen LogP contribution in [0, 0.1) is 0 Å². The fourth-order valence-electron chi connectivity index (χ4n) is 1.75. The van der Waals surface area contributed by atoms with E-state index in [-0.39, 0.29) is 5.97 Å². The molecule has 4 nitrogen and oxygen atoms in total. The molecule has 0 aromatic carbocycles. The minimum absolute atomic E-state index is 0.325. The van der Waals surface area contributed by atoms with E-state index in [0.717, 1.165) is 19.1 Å². The number of hydrogen-bond donors (Lipinski definition) is 1. The van der Waals surface area contributed by atoms with Gasteiger partial charge >= 0.3 is 5.97 Å². The van der Waals surface area contributed by atoms with Crippen LogP contribution in [0.15, 0.2) is 0 Å². The molecule has 0 spiro atoms. The second-order valence-corrected chi connectivity index (χ2v) is 4.52. The molecular formula is C11H22N2O2. The zero-order valence-electron chi connectivity index (χ0n) is 9.95. The summed E-state index contributed by atoms with van der Waals surface area (Å²) in [5, 5.41) is 0. The monoisotopic (exact) mass is 214 g/mol. The lowest BCUT2D eigenvalue weighted by Gasteiger charge is -2.26. The van der Waals surface area contributed by atoms with Crippen LogP contribution in [0.2, 0.25) is 0 Å². The summed E-state index contributed by atoms with van der Waals surface area (Å²) < 4.78 is 4.67. The predicted octanol–water partition coefficient (Wildman–Crippen LogP) is 0.751. The van der Waals surface area contributed by atoms with Gasteiger partial charge in [-0.15, -0.1) is 0 Å². The lowest BCUT2D eigenvalue weighted by atomic mass is 9.99. The molecule has 1 aliphatic rings. The highest BCUT2D eigenvalue weighted by Gasteiger charge is 2.33. The van der Waals surface area contributed by atoms with Crippen LogP contribution in [-0.4, -0.2) is 42.6 Å². The Bertz CT molecular complexity index is 225. The molecule has 88 valence electrons. The van der Waals surface area contributed by atoms with Gasteiger partial charge < -0.3 is 15.4 Å². The molecule has 4 heteroatoms. The molecule has 0 aromatic heterocycles. The largest absolute Gasteiger partial charge is 0.468 e. The Morgan fingerprint density at radius 3 is 2.60 bits per heavy atom. The second-order valence-electron chi connectivity index (χ2n) is 4.52. The van der Waals surface area contributed by atoms with Crippen LogP contribution < -0.4 is 5.73 Å². The fourth-order valence-corrected chi connectivity index (χ4v) is 1.75. The maximum absolute atomic E-state index is 11.4. The lowest BCUT2D eigenvalue weighted by Crippen LogP contribution is -2.48. The molecule has 1 atom stereocenters. The van der Waals surface area contributed by atoms with Gasteiger partial charge in [0.05, 0.1) is 7.11 Å². The van der Waals surface area contributed by atoms with Gasteiger partial charge in [0.2, 0.25) is 0 Å². The molecule has 2 N–H and O–H groups in total. The van der Waals surface area contributed by atoms with Gasteiger partial charge in [-0.2, -0.15) is 0 Å². The molecular weight excluding hydrogens is 192 g/mol. The van der Waals surface area contributed by atoms with Gasteiger partial charge in [-0.1, -0.05) is 6.92 Å². The van der Waals surface area contributed by atoms with Crippen LogP contribution in [-0.2, 0) is 9.53 Å². The summed E-state index contributed by atoms with van der Waals surface area (Å²) in [5.41, 5.74) is 5.04. The minimum atomic E-state index is -0.850. The van der Waals surface area contributed by atoms with Crippen molar-refractivity contribution in [2.45, 2.75) is 44.7 Å². The summed E-state index contributed by atoms with van der Waals surface area (Å²) in [6.45, 7) is 5.79. The van der Waals surface area contributed by atoms with Gasteiger partial charge in [0.15, 0.2) is 0 Å². The van der Waals surface area contributed by atoms with Gasteiger partial charge in [0.1, 0.15) is 5.54 Å². The Morgan fingerprint density at radius 2 is 2.20 bits per heavy atom. The number of carbonyl (C=O) groups excluding carboxylic acids is 1. The summed E-state index contributed by atoms with van der Waals surface area (Å²) >= 11 is 0. The van der Waals surface area contributed by atoms with Crippen molar-refractivity contribution in [2.24, 2.45) is 5.73 Å². The fraction of sp³-hybridized carbons (Fsp3) is 0.909. The highest BCUT2D eigenvalue weighted by Crippen LogP contribution is 2.27. The van der Waals surface area contributed by atoms with Gasteiger partial charge in [-0.25, -0.2) is 0 Å². The quantitative estimate of drug-likeness (QED) is 0.663. The predicted molar refractivity (Wildman–Crippen MR) is 59.5 cm³/mol. The van der Waals surface area contributed by atoms with Gasteiger partial charge in [0, 0.05) is 12.6 Å². The highest BCUT2D eigenvalue weighted by molar-refractivity contribution is 5.79. The van der Waals surface area contributed by atoms with Crippen molar-refractivity contribution in [3.8, 4) is 0 Å². The molecule has 0 saturated heterocycles. The van der Waals surface area contributed by atoms with Crippen LogP contribution in [0.3, 0.4) is 0 Å². The van der Waals surface area contributed by atoms with E-state index in [1.165, 1.54) is 20.0 Å². The van der Waals surface area contributed by atoms with Gasteiger partial charge in [0.25, 0.3) is 0 Å². The van der Waals surface area contributed by atoms with Crippen molar-refractivity contribution in [3.05, 3.63) is 0 Å². The smallest absolute Gasteiger partial charge is 0.325 e. The topological polar surface area (TPSA) is 55.6 Å². The molecule has 15 heavy (non-hydrogen) atoms. The maximum atomic E-state index is 11.4. The summed E-state index contributed by atoms with van der Waals surface area (Å²) in [6, 6.07) is 0.725. The zero-order valence-corrected chi connectivity index (χ0v) is 9.95. The summed E-state index contributed by atoms with van der Waals surface area (Å²) in [7, 11) is 1.38. The van der Waals surface area contributed by atoms with Crippen LogP contribution in [0.25, 0.3) is 0 Å². The first kappa shape index (κ1) is 12.5. The van der Waals surface area contributed by atoms with E-state index in [0.29, 0.717) is 6.42 Å². The number of methoxy groups -OCH3 is 1. The van der Waals surface area contributed by atoms with E-state index in [1.807, 2.05) is 0 Å². The van der Waals surface area contributed by atoms with Crippen molar-refractivity contribution >= 4 is 5.97 Å². The number of hydrogen-bond acceptors (Lipinski definition) is 4. The number of carbonyl (C=O) groups is 1. The third-order valence-electron chi connectivity index (χ3n) is 3.04. The number of rotatable bonds is 6. The standard InChI is InChI=1S/C11H22N2O2/c1-4-13(9-5-6-9)8-7-11(2,12)10(14)15-3/h9H,4-8,12H2,1-3H3. The van der Waals surface area contributed by atoms with Crippen molar-refractivity contribution in [1.29, 1.82) is 0 Å². The molecule has 0 aliphatic heterocycles. The van der Waals surface area contributed by atoms with E-state index >= 15 is 0 Å². The van der Waals surface area contributed by atoms with E-state index in [9.17, 15) is 4.79 Å². The molecule has 0 heterocycles. The van der Waals surface area contributed by atoms with Crippen LogP contribution in [0.4, 0.5) is 0 Å². The van der Waals surface area contributed by atoms with E-state index < -0.39 is 5.54 Å². The van der Waals surface area contributed by atoms with Crippen LogP contribution in [0.1, 0.15) is 33.1 Å². The number of nitrogens with two attached hydrogens (primary N) is 1. The molecule has 0 radical (unpaired) electrons. The molecule has 1 unspecified atom stereocenters. The summed E-state index contributed by atoms with van der Waals surface area (Å²) in [6.07, 6.45) is 3.23. The highest BCUT2D eigenvalue weighted by atomic mass is 16.5. The van der Waals surface area contributed by atoms with E-state index in [1.54, 1.807) is 6.92 Å². The van der Waals surface area contributed by atoms with Crippen LogP contribution >= 0.6 is 0 Å². The molecule has 1 aliphatic carbocycles. The number of nitrogens with zero attached hydrogens (tertiary/aromatic N) is 1. The van der Waals surface area contributed by atoms with Crippen molar-refractivity contribution in [2.75, 3.05) is 20.2 Å². The SMILES string of the molecule is CCN(CCC(C)(N)C(=O)OC)C1CC1. The van der Waals surface area contributed by atoms with Crippen molar-refractivity contribution < 1.29 is 9.53 Å². The van der Waals surface area contributed by atoms with E-state index in [2.05, 4.69) is 16.6 Å². The first-order valence-electron chi connectivity index (χ1n) is 5.62. The Labute approximate surface area is 91.8 Å². The first-order valence-corrected chi connectivity index (χ1v) is 5.62. The first-order chi connectivity index (χ1) is 7.01. The summed E-state index contributed by atoms with van der Waals surface area (Å²) in [5.74, 6) is -0.325. The van der Waals surface area contributed by atoms with Crippen molar-refractivity contribution in [3.63, 3.8) is 0 Å².